The van der Waals surface area contributed by atoms with E-state index in [2.05, 4.69) is 0 Å². The fourth-order valence-electron chi connectivity index (χ4n) is 1.90. The Kier molecular flexibility index (Phi) is 4.45. The van der Waals surface area contributed by atoms with Crippen molar-refractivity contribution < 1.29 is 18.0 Å². The molecular weight excluding hydrogens is 289 g/mol. The lowest BCUT2D eigenvalue weighted by Crippen LogP contribution is -2.09. The number of halogens is 4. The van der Waals surface area contributed by atoms with Crippen molar-refractivity contribution in [2.75, 3.05) is 0 Å². The third-order valence-electron chi connectivity index (χ3n) is 2.76. The Morgan fingerprint density at radius 1 is 1.00 bits per heavy atom. The van der Waals surface area contributed by atoms with Crippen molar-refractivity contribution in [1.29, 1.82) is 0 Å². The van der Waals surface area contributed by atoms with E-state index in [9.17, 15) is 18.0 Å². The second-order valence-electron chi connectivity index (χ2n) is 4.37. The van der Waals surface area contributed by atoms with Gasteiger partial charge in [-0.1, -0.05) is 17.7 Å². The molecule has 0 heterocycles. The van der Waals surface area contributed by atoms with Gasteiger partial charge >= 0.3 is 0 Å². The van der Waals surface area contributed by atoms with Crippen LogP contribution in [0.1, 0.15) is 11.1 Å². The summed E-state index contributed by atoms with van der Waals surface area (Å²) in [6, 6.07) is 6.99. The Balaban J connectivity index is 2.13. The molecule has 0 unspecified atom stereocenters. The molecule has 0 saturated heterocycles. The zero-order valence-corrected chi connectivity index (χ0v) is 11.1. The Morgan fingerprint density at radius 3 is 2.25 bits per heavy atom. The first-order valence-corrected chi connectivity index (χ1v) is 6.23. The molecule has 5 heteroatoms. The molecule has 0 radical (unpaired) electrons. The highest BCUT2D eigenvalue weighted by Crippen LogP contribution is 2.20. The molecule has 2 aromatic carbocycles. The number of Topliss-reactive ketones (excluding diaryl/α,β-unsaturated/α-hetero) is 1. The van der Waals surface area contributed by atoms with E-state index in [0.29, 0.717) is 0 Å². The van der Waals surface area contributed by atoms with E-state index >= 15 is 0 Å². The van der Waals surface area contributed by atoms with E-state index in [0.717, 1.165) is 18.2 Å². The SMILES string of the molecule is O=C(Cc1cc(F)cc(F)c1)Cc1c(F)cccc1Cl. The summed E-state index contributed by atoms with van der Waals surface area (Å²) in [5, 5.41) is 0.156. The average molecular weight is 299 g/mol. The quantitative estimate of drug-likeness (QED) is 0.830. The second-order valence-corrected chi connectivity index (χ2v) is 4.78. The molecular formula is C15H10ClF3O. The molecule has 0 saturated carbocycles. The maximum absolute atomic E-state index is 13.5. The van der Waals surface area contributed by atoms with Gasteiger partial charge in [0, 0.05) is 29.5 Å². The Bertz CT molecular complexity index is 615. The summed E-state index contributed by atoms with van der Waals surface area (Å²) in [5.41, 5.74) is 0.302. The first-order chi connectivity index (χ1) is 9.45. The van der Waals surface area contributed by atoms with E-state index in [1.54, 1.807) is 0 Å². The standard InChI is InChI=1S/C15H10ClF3O/c16-14-2-1-3-15(19)13(14)8-12(20)6-9-4-10(17)7-11(18)5-9/h1-5,7H,6,8H2. The van der Waals surface area contributed by atoms with Gasteiger partial charge in [-0.3, -0.25) is 4.79 Å². The van der Waals surface area contributed by atoms with Gasteiger partial charge in [0.25, 0.3) is 0 Å². The van der Waals surface area contributed by atoms with E-state index in [-0.39, 0.29) is 34.8 Å². The zero-order chi connectivity index (χ0) is 14.7. The van der Waals surface area contributed by atoms with Gasteiger partial charge < -0.3 is 0 Å². The molecule has 2 rings (SSSR count). The Morgan fingerprint density at radius 2 is 1.65 bits per heavy atom. The fraction of sp³-hybridized carbons (Fsp3) is 0.133. The van der Waals surface area contributed by atoms with Gasteiger partial charge in [-0.25, -0.2) is 13.2 Å². The van der Waals surface area contributed by atoms with Crippen LogP contribution in [0.2, 0.25) is 5.02 Å². The third kappa shape index (κ3) is 3.61. The molecule has 20 heavy (non-hydrogen) atoms. The van der Waals surface area contributed by atoms with Gasteiger partial charge in [0.05, 0.1) is 0 Å². The second kappa shape index (κ2) is 6.09. The highest BCUT2D eigenvalue weighted by atomic mass is 35.5. The van der Waals surface area contributed by atoms with Crippen LogP contribution in [0.5, 0.6) is 0 Å². The van der Waals surface area contributed by atoms with Gasteiger partial charge in [0.1, 0.15) is 23.2 Å². The van der Waals surface area contributed by atoms with Crippen LogP contribution in [0.4, 0.5) is 13.2 Å². The smallest absolute Gasteiger partial charge is 0.141 e. The summed E-state index contributed by atoms with van der Waals surface area (Å²) in [6.45, 7) is 0. The number of hydrogen-bond donors (Lipinski definition) is 0. The van der Waals surface area contributed by atoms with Crippen molar-refractivity contribution in [1.82, 2.24) is 0 Å². The van der Waals surface area contributed by atoms with Crippen LogP contribution in [0.25, 0.3) is 0 Å². The van der Waals surface area contributed by atoms with Crippen LogP contribution in [-0.2, 0) is 17.6 Å². The highest BCUT2D eigenvalue weighted by Gasteiger charge is 2.13. The van der Waals surface area contributed by atoms with Gasteiger partial charge in [-0.15, -0.1) is 0 Å². The fourth-order valence-corrected chi connectivity index (χ4v) is 2.13. The highest BCUT2D eigenvalue weighted by molar-refractivity contribution is 6.31. The lowest BCUT2D eigenvalue weighted by molar-refractivity contribution is -0.117. The summed E-state index contributed by atoms with van der Waals surface area (Å²) in [6.07, 6.45) is -0.400. The number of carbonyl (C=O) groups is 1. The Labute approximate surface area is 119 Å². The minimum atomic E-state index is -0.753. The number of ketones is 1. The van der Waals surface area contributed by atoms with Crippen LogP contribution in [0.15, 0.2) is 36.4 Å². The maximum Gasteiger partial charge on any atom is 0.141 e. The summed E-state index contributed by atoms with van der Waals surface area (Å²) in [4.78, 5) is 11.8. The summed E-state index contributed by atoms with van der Waals surface area (Å²) in [7, 11) is 0. The molecule has 0 aliphatic rings. The number of benzene rings is 2. The monoisotopic (exact) mass is 298 g/mol. The van der Waals surface area contributed by atoms with Gasteiger partial charge in [0.2, 0.25) is 0 Å². The topological polar surface area (TPSA) is 17.1 Å². The van der Waals surface area contributed by atoms with E-state index in [4.69, 9.17) is 11.6 Å². The number of carbonyl (C=O) groups excluding carboxylic acids is 1. The summed E-state index contributed by atoms with van der Waals surface area (Å²) >= 11 is 5.81. The van der Waals surface area contributed by atoms with Gasteiger partial charge in [0.15, 0.2) is 0 Å². The van der Waals surface area contributed by atoms with Crippen molar-refractivity contribution in [3.63, 3.8) is 0 Å². The van der Waals surface area contributed by atoms with Gasteiger partial charge in [-0.05, 0) is 29.8 Å². The molecule has 0 aliphatic heterocycles. The number of rotatable bonds is 4. The van der Waals surface area contributed by atoms with Gasteiger partial charge in [-0.2, -0.15) is 0 Å². The summed E-state index contributed by atoms with van der Waals surface area (Å²) < 4.78 is 39.5. The lowest BCUT2D eigenvalue weighted by Gasteiger charge is -2.06. The van der Waals surface area contributed by atoms with Crippen LogP contribution in [0.3, 0.4) is 0 Å². The predicted molar refractivity (Wildman–Crippen MR) is 70.2 cm³/mol. The van der Waals surface area contributed by atoms with Crippen LogP contribution < -0.4 is 0 Å². The first kappa shape index (κ1) is 14.6. The minimum Gasteiger partial charge on any atom is -0.299 e. The van der Waals surface area contributed by atoms with Crippen molar-refractivity contribution in [2.45, 2.75) is 12.8 Å². The molecule has 104 valence electrons. The normalized spacial score (nSPS) is 10.6. The molecule has 2 aromatic rings. The minimum absolute atomic E-state index is 0.0936. The van der Waals surface area contributed by atoms with Crippen LogP contribution in [0, 0.1) is 17.5 Å². The molecule has 0 spiro atoms. The Hall–Kier alpha value is -1.81. The van der Waals surface area contributed by atoms with E-state index < -0.39 is 17.5 Å². The molecule has 0 atom stereocenters. The average Bonchev–Trinajstić information content (AvgIpc) is 2.32. The molecule has 0 aliphatic carbocycles. The maximum atomic E-state index is 13.5. The molecule has 0 amide bonds. The lowest BCUT2D eigenvalue weighted by atomic mass is 10.0. The summed E-state index contributed by atoms with van der Waals surface area (Å²) in [5.74, 6) is -2.45. The molecule has 0 fully saturated rings. The van der Waals surface area contributed by atoms with Crippen LogP contribution in [-0.4, -0.2) is 5.78 Å². The first-order valence-electron chi connectivity index (χ1n) is 5.85. The zero-order valence-electron chi connectivity index (χ0n) is 10.3. The van der Waals surface area contributed by atoms with Crippen molar-refractivity contribution in [2.24, 2.45) is 0 Å². The van der Waals surface area contributed by atoms with Crippen molar-refractivity contribution in [3.8, 4) is 0 Å². The molecule has 0 aromatic heterocycles. The number of hydrogen-bond acceptors (Lipinski definition) is 1. The van der Waals surface area contributed by atoms with Crippen molar-refractivity contribution in [3.05, 3.63) is 70.0 Å². The van der Waals surface area contributed by atoms with E-state index in [1.807, 2.05) is 0 Å². The van der Waals surface area contributed by atoms with Crippen LogP contribution >= 0.6 is 11.6 Å². The molecule has 0 bridgehead atoms. The predicted octanol–water partition coefficient (Wildman–Crippen LogP) is 4.11. The largest absolute Gasteiger partial charge is 0.299 e. The molecule has 1 nitrogen and oxygen atoms in total. The third-order valence-corrected chi connectivity index (χ3v) is 3.11. The van der Waals surface area contributed by atoms with E-state index in [1.165, 1.54) is 18.2 Å². The molecule has 0 N–H and O–H groups in total. The van der Waals surface area contributed by atoms with Crippen molar-refractivity contribution >= 4 is 17.4 Å².